The minimum Gasteiger partial charge on any atom is -0.495 e. The Morgan fingerprint density at radius 1 is 1.00 bits per heavy atom. The first kappa shape index (κ1) is 26.0. The van der Waals surface area contributed by atoms with Gasteiger partial charge in [-0.2, -0.15) is 0 Å². The molecule has 1 fully saturated rings. The van der Waals surface area contributed by atoms with E-state index in [4.69, 9.17) is 4.74 Å². The molecule has 1 atom stereocenters. The average molecular weight is 484 g/mol. The highest BCUT2D eigenvalue weighted by Crippen LogP contribution is 2.36. The van der Waals surface area contributed by atoms with Gasteiger partial charge in [-0.25, -0.2) is 9.59 Å². The maximum absolute atomic E-state index is 12.5. The molecular formula is C26H33N3O6. The molecule has 0 radical (unpaired) electrons. The van der Waals surface area contributed by atoms with Gasteiger partial charge in [-0.15, -0.1) is 0 Å². The van der Waals surface area contributed by atoms with Gasteiger partial charge in [-0.3, -0.25) is 4.79 Å². The third-order valence-electron chi connectivity index (χ3n) is 6.33. The summed E-state index contributed by atoms with van der Waals surface area (Å²) in [5.41, 5.74) is 3.43. The maximum atomic E-state index is 12.5. The molecule has 1 aliphatic rings. The van der Waals surface area contributed by atoms with Crippen LogP contribution in [0.5, 0.6) is 5.75 Å². The number of amides is 3. The van der Waals surface area contributed by atoms with Crippen molar-refractivity contribution in [2.24, 2.45) is 5.92 Å². The summed E-state index contributed by atoms with van der Waals surface area (Å²) in [6, 6.07) is 11.9. The number of ether oxygens (including phenoxy) is 2. The van der Waals surface area contributed by atoms with Gasteiger partial charge in [0, 0.05) is 11.6 Å². The highest BCUT2D eigenvalue weighted by molar-refractivity contribution is 6.00. The number of carbonyl (C=O) groups is 3. The Hall–Kier alpha value is -3.59. The molecule has 2 aromatic carbocycles. The summed E-state index contributed by atoms with van der Waals surface area (Å²) >= 11 is 0. The zero-order valence-electron chi connectivity index (χ0n) is 20.3. The topological polar surface area (TPSA) is 126 Å². The Kier molecular flexibility index (Phi) is 9.08. The molecule has 0 saturated heterocycles. The van der Waals surface area contributed by atoms with Crippen LogP contribution in [0, 0.1) is 12.8 Å². The molecule has 0 spiro atoms. The third-order valence-corrected chi connectivity index (χ3v) is 6.33. The second-order valence-electron chi connectivity index (χ2n) is 8.72. The number of methoxy groups -OCH3 is 2. The molecule has 0 aromatic heterocycles. The van der Waals surface area contributed by atoms with E-state index in [1.807, 2.05) is 49.4 Å². The van der Waals surface area contributed by atoms with Gasteiger partial charge in [0.25, 0.3) is 0 Å². The van der Waals surface area contributed by atoms with E-state index in [0.717, 1.165) is 24.0 Å². The average Bonchev–Trinajstić information content (AvgIpc) is 2.87. The molecule has 0 heterocycles. The second kappa shape index (κ2) is 12.2. The monoisotopic (exact) mass is 483 g/mol. The maximum Gasteiger partial charge on any atom is 0.330 e. The fourth-order valence-corrected chi connectivity index (χ4v) is 4.34. The Morgan fingerprint density at radius 3 is 2.29 bits per heavy atom. The van der Waals surface area contributed by atoms with Crippen molar-refractivity contribution in [1.82, 2.24) is 5.32 Å². The lowest BCUT2D eigenvalue weighted by Gasteiger charge is -2.29. The number of anilines is 2. The number of aliphatic hydroxyl groups is 1. The van der Waals surface area contributed by atoms with Gasteiger partial charge in [0.1, 0.15) is 5.75 Å². The largest absolute Gasteiger partial charge is 0.495 e. The first-order chi connectivity index (χ1) is 16.8. The molecule has 1 saturated carbocycles. The van der Waals surface area contributed by atoms with Crippen LogP contribution in [0.25, 0.3) is 0 Å². The van der Waals surface area contributed by atoms with Crippen LogP contribution in [0.2, 0.25) is 0 Å². The van der Waals surface area contributed by atoms with Gasteiger partial charge >= 0.3 is 12.0 Å². The zero-order valence-corrected chi connectivity index (χ0v) is 20.3. The van der Waals surface area contributed by atoms with E-state index in [2.05, 4.69) is 20.7 Å². The second-order valence-corrected chi connectivity index (χ2v) is 8.72. The molecule has 1 aliphatic carbocycles. The molecule has 4 N–H and O–H groups in total. The van der Waals surface area contributed by atoms with Gasteiger partial charge in [-0.1, -0.05) is 18.2 Å². The SMILES string of the molecule is COC(=O)[C@@H](CO)NC(=O)C1CCC(c2ccc(NC(=O)Nc3cc(C)ccc3OC)cc2)CC1. The first-order valence-corrected chi connectivity index (χ1v) is 11.7. The molecule has 2 aromatic rings. The first-order valence-electron chi connectivity index (χ1n) is 11.7. The van der Waals surface area contributed by atoms with Crippen molar-refractivity contribution in [2.75, 3.05) is 31.5 Å². The smallest absolute Gasteiger partial charge is 0.330 e. The lowest BCUT2D eigenvalue weighted by atomic mass is 9.78. The van der Waals surface area contributed by atoms with Gasteiger partial charge in [0.2, 0.25) is 5.91 Å². The molecule has 3 amide bonds. The Balaban J connectivity index is 1.51. The van der Waals surface area contributed by atoms with Crippen molar-refractivity contribution >= 4 is 29.3 Å². The molecule has 3 rings (SSSR count). The number of rotatable bonds is 8. The summed E-state index contributed by atoms with van der Waals surface area (Å²) in [6.07, 6.45) is 3.05. The predicted molar refractivity (Wildman–Crippen MR) is 133 cm³/mol. The molecule has 0 aliphatic heterocycles. The van der Waals surface area contributed by atoms with Crippen molar-refractivity contribution < 1.29 is 29.0 Å². The summed E-state index contributed by atoms with van der Waals surface area (Å²) < 4.78 is 9.89. The van der Waals surface area contributed by atoms with Crippen LogP contribution in [-0.2, 0) is 14.3 Å². The molecular weight excluding hydrogens is 450 g/mol. The van der Waals surface area contributed by atoms with Gasteiger partial charge < -0.3 is 30.5 Å². The molecule has 35 heavy (non-hydrogen) atoms. The van der Waals surface area contributed by atoms with Crippen LogP contribution < -0.4 is 20.7 Å². The van der Waals surface area contributed by atoms with Crippen molar-refractivity contribution in [3.8, 4) is 5.75 Å². The summed E-state index contributed by atoms with van der Waals surface area (Å²) in [7, 11) is 2.78. The standard InChI is InChI=1S/C26H33N3O6/c1-16-4-13-23(34-2)21(14-16)29-26(33)27-20-11-9-18(10-12-20)17-5-7-19(8-6-17)24(31)28-22(15-30)25(32)35-3/h4,9-14,17,19,22,30H,5-8,15H2,1-3H3,(H,28,31)(H2,27,29,33)/t17?,19?,22-/m1/s1. The van der Waals surface area contributed by atoms with Crippen LogP contribution >= 0.6 is 0 Å². The highest BCUT2D eigenvalue weighted by atomic mass is 16.5. The van der Waals surface area contributed by atoms with Crippen LogP contribution in [0.3, 0.4) is 0 Å². The molecule has 9 nitrogen and oxygen atoms in total. The fourth-order valence-electron chi connectivity index (χ4n) is 4.34. The number of aryl methyl sites for hydroxylation is 1. The van der Waals surface area contributed by atoms with E-state index in [1.54, 1.807) is 7.11 Å². The van der Waals surface area contributed by atoms with E-state index in [9.17, 15) is 19.5 Å². The number of urea groups is 1. The number of aliphatic hydroxyl groups excluding tert-OH is 1. The summed E-state index contributed by atoms with van der Waals surface area (Å²) in [6.45, 7) is 1.44. The fraction of sp³-hybridized carbons (Fsp3) is 0.423. The van der Waals surface area contributed by atoms with E-state index in [-0.39, 0.29) is 17.9 Å². The predicted octanol–water partition coefficient (Wildman–Crippen LogP) is 3.57. The number of nitrogens with one attached hydrogen (secondary N) is 3. The lowest BCUT2D eigenvalue weighted by molar-refractivity contribution is -0.146. The zero-order chi connectivity index (χ0) is 25.4. The summed E-state index contributed by atoms with van der Waals surface area (Å²) in [5, 5.41) is 17.5. The van der Waals surface area contributed by atoms with Gasteiger partial charge in [-0.05, 0) is 73.9 Å². The van der Waals surface area contributed by atoms with Crippen molar-refractivity contribution in [3.63, 3.8) is 0 Å². The summed E-state index contributed by atoms with van der Waals surface area (Å²) in [5.74, 6) is -0.192. The number of esters is 1. The van der Waals surface area contributed by atoms with Crippen LogP contribution in [0.1, 0.15) is 42.7 Å². The minimum absolute atomic E-state index is 0.201. The van der Waals surface area contributed by atoms with E-state index < -0.39 is 18.6 Å². The number of hydrogen-bond donors (Lipinski definition) is 4. The number of carbonyl (C=O) groups excluding carboxylic acids is 3. The molecule has 9 heteroatoms. The highest BCUT2D eigenvalue weighted by Gasteiger charge is 2.30. The van der Waals surface area contributed by atoms with E-state index in [1.165, 1.54) is 7.11 Å². The molecule has 0 bridgehead atoms. The quantitative estimate of drug-likeness (QED) is 0.425. The molecule has 0 unspecified atom stereocenters. The molecule has 188 valence electrons. The number of hydrogen-bond acceptors (Lipinski definition) is 6. The van der Waals surface area contributed by atoms with Crippen LogP contribution in [0.4, 0.5) is 16.2 Å². The van der Waals surface area contributed by atoms with Crippen molar-refractivity contribution in [3.05, 3.63) is 53.6 Å². The van der Waals surface area contributed by atoms with E-state index in [0.29, 0.717) is 35.9 Å². The van der Waals surface area contributed by atoms with Gasteiger partial charge in [0.15, 0.2) is 6.04 Å². The van der Waals surface area contributed by atoms with Crippen LogP contribution in [-0.4, -0.2) is 49.9 Å². The van der Waals surface area contributed by atoms with Crippen molar-refractivity contribution in [1.29, 1.82) is 0 Å². The van der Waals surface area contributed by atoms with E-state index >= 15 is 0 Å². The Bertz CT molecular complexity index is 1030. The van der Waals surface area contributed by atoms with Gasteiger partial charge in [0.05, 0.1) is 26.5 Å². The summed E-state index contributed by atoms with van der Waals surface area (Å²) in [4.78, 5) is 36.5. The van der Waals surface area contributed by atoms with Crippen LogP contribution in [0.15, 0.2) is 42.5 Å². The number of benzene rings is 2. The normalized spacial score (nSPS) is 18.2. The Labute approximate surface area is 205 Å². The van der Waals surface area contributed by atoms with Crippen molar-refractivity contribution in [2.45, 2.75) is 44.6 Å². The minimum atomic E-state index is -1.03. The Morgan fingerprint density at radius 2 is 1.69 bits per heavy atom. The lowest BCUT2D eigenvalue weighted by Crippen LogP contribution is -2.46. The third kappa shape index (κ3) is 6.95.